The molecule has 0 radical (unpaired) electrons. The molecule has 0 unspecified atom stereocenters. The van der Waals surface area contributed by atoms with Crippen molar-refractivity contribution in [1.29, 1.82) is 0 Å². The lowest BCUT2D eigenvalue weighted by Crippen LogP contribution is -2.26. The third-order valence-electron chi connectivity index (χ3n) is 4.18. The first-order valence-corrected chi connectivity index (χ1v) is 8.33. The average Bonchev–Trinajstić information content (AvgIpc) is 3.05. The topological polar surface area (TPSA) is 78.7 Å². The molecular formula is C18H13F6N5O. The summed E-state index contributed by atoms with van der Waals surface area (Å²) in [6, 6.07) is 5.50. The zero-order valence-electron chi connectivity index (χ0n) is 15.0. The monoisotopic (exact) mass is 429 g/mol. The first kappa shape index (κ1) is 21.3. The number of hydrogen-bond acceptors (Lipinski definition) is 4. The van der Waals surface area contributed by atoms with Gasteiger partial charge in [0.15, 0.2) is 0 Å². The SMILES string of the molecule is NCC(Cn1ncn(-c2ccc(-c3ccc(C(F)(F)F)nc3)cc2F)c1=O)=C(F)F. The Kier molecular flexibility index (Phi) is 5.78. The molecule has 3 aromatic rings. The second-order valence-electron chi connectivity index (χ2n) is 6.11. The van der Waals surface area contributed by atoms with Gasteiger partial charge in [-0.15, -0.1) is 0 Å². The maximum Gasteiger partial charge on any atom is 0.433 e. The minimum absolute atomic E-state index is 0.214. The highest BCUT2D eigenvalue weighted by molar-refractivity contribution is 5.64. The molecule has 2 N–H and O–H groups in total. The van der Waals surface area contributed by atoms with Crippen LogP contribution in [0.15, 0.2) is 59.3 Å². The lowest BCUT2D eigenvalue weighted by Gasteiger charge is -2.08. The smallest absolute Gasteiger partial charge is 0.327 e. The fourth-order valence-electron chi connectivity index (χ4n) is 2.61. The van der Waals surface area contributed by atoms with Crippen molar-refractivity contribution in [3.63, 3.8) is 0 Å². The fraction of sp³-hybridized carbons (Fsp3) is 0.167. The van der Waals surface area contributed by atoms with E-state index in [1.54, 1.807) is 0 Å². The third-order valence-corrected chi connectivity index (χ3v) is 4.18. The number of halogens is 6. The van der Waals surface area contributed by atoms with Crippen molar-refractivity contribution in [1.82, 2.24) is 19.3 Å². The van der Waals surface area contributed by atoms with Gasteiger partial charge in [0, 0.05) is 23.9 Å². The van der Waals surface area contributed by atoms with Crippen molar-refractivity contribution < 1.29 is 26.3 Å². The molecule has 0 saturated heterocycles. The minimum Gasteiger partial charge on any atom is -0.327 e. The molecule has 6 nitrogen and oxygen atoms in total. The summed E-state index contributed by atoms with van der Waals surface area (Å²) in [6.45, 7) is -1.03. The number of hydrogen-bond donors (Lipinski definition) is 1. The second-order valence-corrected chi connectivity index (χ2v) is 6.11. The summed E-state index contributed by atoms with van der Waals surface area (Å²) in [6.07, 6.45) is -4.71. The summed E-state index contributed by atoms with van der Waals surface area (Å²) in [5.41, 5.74) is 3.00. The zero-order valence-corrected chi connectivity index (χ0v) is 15.0. The maximum atomic E-state index is 14.6. The van der Waals surface area contributed by atoms with Gasteiger partial charge in [-0.05, 0) is 23.8 Å². The van der Waals surface area contributed by atoms with Crippen LogP contribution in [0.2, 0.25) is 0 Å². The Morgan fingerprint density at radius 2 is 1.80 bits per heavy atom. The molecular weight excluding hydrogens is 416 g/mol. The molecule has 1 aromatic carbocycles. The predicted octanol–water partition coefficient (Wildman–Crippen LogP) is 3.36. The average molecular weight is 429 g/mol. The minimum atomic E-state index is -4.60. The molecule has 0 aliphatic heterocycles. The van der Waals surface area contributed by atoms with Crippen LogP contribution in [0.1, 0.15) is 5.69 Å². The van der Waals surface area contributed by atoms with Crippen molar-refractivity contribution in [3.05, 3.63) is 76.5 Å². The molecule has 3 rings (SSSR count). The van der Waals surface area contributed by atoms with E-state index >= 15 is 0 Å². The van der Waals surface area contributed by atoms with Gasteiger partial charge < -0.3 is 5.73 Å². The molecule has 2 aromatic heterocycles. The van der Waals surface area contributed by atoms with Crippen LogP contribution in [0.5, 0.6) is 0 Å². The van der Waals surface area contributed by atoms with E-state index in [1.807, 2.05) is 0 Å². The first-order chi connectivity index (χ1) is 14.1. The van der Waals surface area contributed by atoms with Crippen LogP contribution in [0.4, 0.5) is 26.3 Å². The summed E-state index contributed by atoms with van der Waals surface area (Å²) in [7, 11) is 0. The number of alkyl halides is 3. The third kappa shape index (κ3) is 4.27. The van der Waals surface area contributed by atoms with E-state index in [2.05, 4.69) is 10.1 Å². The van der Waals surface area contributed by atoms with Gasteiger partial charge in [0.2, 0.25) is 0 Å². The van der Waals surface area contributed by atoms with Crippen molar-refractivity contribution in [3.8, 4) is 16.8 Å². The highest BCUT2D eigenvalue weighted by Gasteiger charge is 2.32. The number of rotatable bonds is 5. The normalized spacial score (nSPS) is 11.6. The quantitative estimate of drug-likeness (QED) is 0.631. The predicted molar refractivity (Wildman–Crippen MR) is 94.3 cm³/mol. The van der Waals surface area contributed by atoms with Gasteiger partial charge in [-0.2, -0.15) is 27.1 Å². The molecule has 0 aliphatic rings. The standard InChI is InChI=1S/C18H13F6N5O/c19-13-5-10(11-2-4-15(26-7-11)18(22,23)24)1-3-14(13)28-9-27-29(17(28)30)8-12(6-25)16(20)21/h1-5,7,9H,6,8,25H2. The van der Waals surface area contributed by atoms with Crippen molar-refractivity contribution in [2.45, 2.75) is 12.7 Å². The fourth-order valence-corrected chi connectivity index (χ4v) is 2.61. The molecule has 12 heteroatoms. The van der Waals surface area contributed by atoms with Gasteiger partial charge in [0.25, 0.3) is 6.08 Å². The number of nitrogens with two attached hydrogens (primary N) is 1. The Morgan fingerprint density at radius 3 is 2.33 bits per heavy atom. The maximum absolute atomic E-state index is 14.6. The molecule has 2 heterocycles. The molecule has 0 saturated carbocycles. The van der Waals surface area contributed by atoms with Crippen LogP contribution < -0.4 is 11.4 Å². The van der Waals surface area contributed by atoms with E-state index in [0.29, 0.717) is 4.68 Å². The van der Waals surface area contributed by atoms with Gasteiger partial charge in [-0.25, -0.2) is 18.4 Å². The number of benzene rings is 1. The Bertz CT molecular complexity index is 1140. The highest BCUT2D eigenvalue weighted by atomic mass is 19.4. The molecule has 0 fully saturated rings. The summed E-state index contributed by atoms with van der Waals surface area (Å²) in [5.74, 6) is -0.875. The van der Waals surface area contributed by atoms with Crippen LogP contribution in [0.25, 0.3) is 16.8 Å². The van der Waals surface area contributed by atoms with Crippen LogP contribution in [0, 0.1) is 5.82 Å². The Morgan fingerprint density at radius 1 is 1.10 bits per heavy atom. The van der Waals surface area contributed by atoms with Gasteiger partial charge in [0.05, 0.1) is 12.2 Å². The van der Waals surface area contributed by atoms with E-state index in [-0.39, 0.29) is 16.8 Å². The second kappa shape index (κ2) is 8.14. The van der Waals surface area contributed by atoms with Crippen molar-refractivity contribution in [2.24, 2.45) is 5.73 Å². The van der Waals surface area contributed by atoms with E-state index in [0.717, 1.165) is 35.3 Å². The Balaban J connectivity index is 1.91. The molecule has 0 spiro atoms. The van der Waals surface area contributed by atoms with Crippen LogP contribution in [-0.2, 0) is 12.7 Å². The van der Waals surface area contributed by atoms with E-state index in [9.17, 15) is 31.1 Å². The number of aromatic nitrogens is 4. The van der Waals surface area contributed by atoms with E-state index < -0.39 is 48.1 Å². The lowest BCUT2D eigenvalue weighted by atomic mass is 10.1. The summed E-state index contributed by atoms with van der Waals surface area (Å²) >= 11 is 0. The van der Waals surface area contributed by atoms with Crippen molar-refractivity contribution >= 4 is 0 Å². The van der Waals surface area contributed by atoms with Gasteiger partial charge in [0.1, 0.15) is 17.8 Å². The number of pyridine rings is 1. The van der Waals surface area contributed by atoms with Gasteiger partial charge in [-0.3, -0.25) is 4.98 Å². The van der Waals surface area contributed by atoms with E-state index in [1.165, 1.54) is 12.1 Å². The molecule has 0 aliphatic carbocycles. The molecule has 158 valence electrons. The Labute approximate surface area is 164 Å². The van der Waals surface area contributed by atoms with Gasteiger partial charge in [-0.1, -0.05) is 12.1 Å². The van der Waals surface area contributed by atoms with Crippen LogP contribution in [-0.4, -0.2) is 25.9 Å². The zero-order chi connectivity index (χ0) is 22.1. The molecule has 30 heavy (non-hydrogen) atoms. The lowest BCUT2D eigenvalue weighted by molar-refractivity contribution is -0.141. The largest absolute Gasteiger partial charge is 0.433 e. The summed E-state index contributed by atoms with van der Waals surface area (Å²) in [4.78, 5) is 15.7. The Hall–Kier alpha value is -3.41. The first-order valence-electron chi connectivity index (χ1n) is 8.33. The van der Waals surface area contributed by atoms with Crippen LogP contribution in [0.3, 0.4) is 0 Å². The summed E-state index contributed by atoms with van der Waals surface area (Å²) in [5, 5.41) is 3.68. The van der Waals surface area contributed by atoms with E-state index in [4.69, 9.17) is 5.73 Å². The molecule has 0 amide bonds. The molecule has 0 bridgehead atoms. The highest BCUT2D eigenvalue weighted by Crippen LogP contribution is 2.29. The van der Waals surface area contributed by atoms with Gasteiger partial charge >= 0.3 is 11.9 Å². The summed E-state index contributed by atoms with van der Waals surface area (Å²) < 4.78 is 79.4. The van der Waals surface area contributed by atoms with Crippen LogP contribution >= 0.6 is 0 Å². The molecule has 0 atom stereocenters. The number of nitrogens with zero attached hydrogens (tertiary/aromatic N) is 4. The van der Waals surface area contributed by atoms with Crippen molar-refractivity contribution in [2.75, 3.05) is 6.54 Å².